The summed E-state index contributed by atoms with van der Waals surface area (Å²) in [6.07, 6.45) is 1.73. The molecule has 0 aliphatic heterocycles. The molecule has 0 aliphatic rings. The molecule has 0 saturated carbocycles. The van der Waals surface area contributed by atoms with E-state index in [-0.39, 0.29) is 5.78 Å². The summed E-state index contributed by atoms with van der Waals surface area (Å²) in [5.41, 5.74) is 2.45. The zero-order chi connectivity index (χ0) is 23.0. The Hall–Kier alpha value is -4.12. The summed E-state index contributed by atoms with van der Waals surface area (Å²) in [5.74, 6) is 1.42. The van der Waals surface area contributed by atoms with Crippen LogP contribution in [0.25, 0.3) is 0 Å². The number of benzene rings is 3. The lowest BCUT2D eigenvalue weighted by atomic mass is 9.81. The number of aromatic nitrogens is 1. The Morgan fingerprint density at radius 1 is 0.758 bits per heavy atom. The van der Waals surface area contributed by atoms with Crippen LogP contribution in [0.2, 0.25) is 0 Å². The molecule has 1 N–H and O–H groups in total. The van der Waals surface area contributed by atoms with Crippen LogP contribution in [0.1, 0.15) is 33.4 Å². The number of nitrogens with one attached hydrogen (secondary N) is 1. The van der Waals surface area contributed by atoms with Crippen molar-refractivity contribution in [3.63, 3.8) is 0 Å². The van der Waals surface area contributed by atoms with Gasteiger partial charge in [-0.15, -0.1) is 0 Å². The minimum absolute atomic E-state index is 0.0185. The lowest BCUT2D eigenvalue weighted by Gasteiger charge is -2.29. The van der Waals surface area contributed by atoms with Crippen LogP contribution in [0, 0.1) is 0 Å². The third-order valence-electron chi connectivity index (χ3n) is 5.57. The van der Waals surface area contributed by atoms with Gasteiger partial charge in [0.25, 0.3) is 0 Å². The first-order valence-corrected chi connectivity index (χ1v) is 10.7. The van der Waals surface area contributed by atoms with Gasteiger partial charge in [-0.1, -0.05) is 72.8 Å². The fraction of sp³-hybridized carbons (Fsp3) is 0.143. The van der Waals surface area contributed by atoms with Crippen molar-refractivity contribution in [2.45, 2.75) is 12.0 Å². The molecule has 0 amide bonds. The Labute approximate surface area is 194 Å². The fourth-order valence-corrected chi connectivity index (χ4v) is 3.95. The molecule has 166 valence electrons. The maximum atomic E-state index is 13.9. The van der Waals surface area contributed by atoms with Crippen molar-refractivity contribution < 1.29 is 14.3 Å². The lowest BCUT2D eigenvalue weighted by molar-refractivity contribution is 0.0950. The standard InChI is InChI=1S/C28H26N2O3/c1-32-23-17-16-22(19-24(23)33-2)27(30-25-15-9-10-18-29-25)26(20-11-5-3-6-12-20)28(31)21-13-7-4-8-14-21/h3-19,26-27H,1-2H3,(H,29,30)/t26-,27-/m0/s1. The molecule has 2 atom stereocenters. The van der Waals surface area contributed by atoms with Crippen molar-refractivity contribution in [1.29, 1.82) is 0 Å². The van der Waals surface area contributed by atoms with Gasteiger partial charge in [-0.3, -0.25) is 4.79 Å². The highest BCUT2D eigenvalue weighted by Gasteiger charge is 2.32. The van der Waals surface area contributed by atoms with Gasteiger partial charge in [0, 0.05) is 11.8 Å². The van der Waals surface area contributed by atoms with Gasteiger partial charge < -0.3 is 14.8 Å². The first-order chi connectivity index (χ1) is 16.2. The molecule has 5 nitrogen and oxygen atoms in total. The normalized spacial score (nSPS) is 12.4. The SMILES string of the molecule is COc1ccc([C@H](Nc2ccccn2)[C@@H](C(=O)c2ccccc2)c2ccccc2)cc1OC. The highest BCUT2D eigenvalue weighted by Crippen LogP contribution is 2.39. The van der Waals surface area contributed by atoms with E-state index in [9.17, 15) is 4.79 Å². The Kier molecular flexibility index (Phi) is 7.00. The molecule has 0 saturated heterocycles. The molecule has 33 heavy (non-hydrogen) atoms. The second kappa shape index (κ2) is 10.5. The molecular weight excluding hydrogens is 412 g/mol. The summed E-state index contributed by atoms with van der Waals surface area (Å²) >= 11 is 0. The second-order valence-electron chi connectivity index (χ2n) is 7.57. The van der Waals surface area contributed by atoms with Crippen molar-refractivity contribution in [1.82, 2.24) is 4.98 Å². The molecule has 0 unspecified atom stereocenters. The van der Waals surface area contributed by atoms with Crippen molar-refractivity contribution in [3.8, 4) is 11.5 Å². The molecule has 0 spiro atoms. The first kappa shape index (κ1) is 22.1. The van der Waals surface area contributed by atoms with Crippen LogP contribution in [0.4, 0.5) is 5.82 Å². The number of methoxy groups -OCH3 is 2. The van der Waals surface area contributed by atoms with E-state index in [0.717, 1.165) is 11.1 Å². The molecule has 4 rings (SSSR count). The Bertz CT molecular complexity index is 1180. The first-order valence-electron chi connectivity index (χ1n) is 10.7. The largest absolute Gasteiger partial charge is 0.493 e. The number of carbonyl (C=O) groups is 1. The number of hydrogen-bond donors (Lipinski definition) is 1. The molecule has 0 bridgehead atoms. The number of ketones is 1. The summed E-state index contributed by atoms with van der Waals surface area (Å²) in [6, 6.07) is 30.2. The van der Waals surface area contributed by atoms with E-state index in [0.29, 0.717) is 22.9 Å². The summed E-state index contributed by atoms with van der Waals surface area (Å²) in [6.45, 7) is 0. The zero-order valence-corrected chi connectivity index (χ0v) is 18.6. The average Bonchev–Trinajstić information content (AvgIpc) is 2.89. The van der Waals surface area contributed by atoms with Crippen molar-refractivity contribution >= 4 is 11.6 Å². The predicted molar refractivity (Wildman–Crippen MR) is 130 cm³/mol. The maximum absolute atomic E-state index is 13.9. The number of anilines is 1. The highest BCUT2D eigenvalue weighted by atomic mass is 16.5. The molecule has 0 fully saturated rings. The quantitative estimate of drug-likeness (QED) is 0.329. The van der Waals surface area contributed by atoms with Crippen LogP contribution in [0.5, 0.6) is 11.5 Å². The van der Waals surface area contributed by atoms with E-state index in [4.69, 9.17) is 9.47 Å². The monoisotopic (exact) mass is 438 g/mol. The predicted octanol–water partition coefficient (Wildman–Crippen LogP) is 5.92. The number of ether oxygens (including phenoxy) is 2. The minimum atomic E-state index is -0.506. The number of rotatable bonds is 9. The average molecular weight is 439 g/mol. The van der Waals surface area contributed by atoms with Crippen molar-refractivity contribution in [2.75, 3.05) is 19.5 Å². The summed E-state index contributed by atoms with van der Waals surface area (Å²) in [4.78, 5) is 18.4. The van der Waals surface area contributed by atoms with Gasteiger partial charge in [0.1, 0.15) is 5.82 Å². The van der Waals surface area contributed by atoms with Gasteiger partial charge in [0.05, 0.1) is 26.2 Å². The van der Waals surface area contributed by atoms with E-state index >= 15 is 0 Å². The molecule has 1 aromatic heterocycles. The molecule has 5 heteroatoms. The summed E-state index contributed by atoms with van der Waals surface area (Å²) < 4.78 is 11.0. The van der Waals surface area contributed by atoms with Gasteiger partial charge in [-0.05, 0) is 35.4 Å². The van der Waals surface area contributed by atoms with E-state index in [1.165, 1.54) is 0 Å². The van der Waals surface area contributed by atoms with Crippen molar-refractivity contribution in [3.05, 3.63) is 120 Å². The van der Waals surface area contributed by atoms with Crippen LogP contribution in [0.3, 0.4) is 0 Å². The van der Waals surface area contributed by atoms with E-state index in [2.05, 4.69) is 10.3 Å². The van der Waals surface area contributed by atoms with Crippen LogP contribution in [-0.2, 0) is 0 Å². The van der Waals surface area contributed by atoms with E-state index in [1.54, 1.807) is 20.4 Å². The number of pyridine rings is 1. The molecule has 3 aromatic carbocycles. The number of Topliss-reactive ketones (excluding diaryl/α,β-unsaturated/α-hetero) is 1. The van der Waals surface area contributed by atoms with Crippen LogP contribution in [0.15, 0.2) is 103 Å². The van der Waals surface area contributed by atoms with Gasteiger partial charge >= 0.3 is 0 Å². The van der Waals surface area contributed by atoms with Crippen LogP contribution < -0.4 is 14.8 Å². The highest BCUT2D eigenvalue weighted by molar-refractivity contribution is 6.01. The molecule has 0 aliphatic carbocycles. The topological polar surface area (TPSA) is 60.5 Å². The Morgan fingerprint density at radius 2 is 1.42 bits per heavy atom. The zero-order valence-electron chi connectivity index (χ0n) is 18.6. The van der Waals surface area contributed by atoms with Crippen molar-refractivity contribution in [2.24, 2.45) is 0 Å². The number of hydrogen-bond acceptors (Lipinski definition) is 5. The number of nitrogens with zero attached hydrogens (tertiary/aromatic N) is 1. The molecule has 4 aromatic rings. The second-order valence-corrected chi connectivity index (χ2v) is 7.57. The molecule has 0 radical (unpaired) electrons. The van der Waals surface area contributed by atoms with Gasteiger partial charge in [-0.25, -0.2) is 4.98 Å². The van der Waals surface area contributed by atoms with Gasteiger partial charge in [-0.2, -0.15) is 0 Å². The van der Waals surface area contributed by atoms with Crippen LogP contribution >= 0.6 is 0 Å². The van der Waals surface area contributed by atoms with E-state index < -0.39 is 12.0 Å². The maximum Gasteiger partial charge on any atom is 0.172 e. The molecule has 1 heterocycles. The molecular formula is C28H26N2O3. The minimum Gasteiger partial charge on any atom is -0.493 e. The Balaban J connectivity index is 1.87. The summed E-state index contributed by atoms with van der Waals surface area (Å²) in [7, 11) is 3.21. The third-order valence-corrected chi connectivity index (χ3v) is 5.57. The fourth-order valence-electron chi connectivity index (χ4n) is 3.95. The van der Waals surface area contributed by atoms with Gasteiger partial charge in [0.15, 0.2) is 17.3 Å². The third kappa shape index (κ3) is 5.04. The van der Waals surface area contributed by atoms with Gasteiger partial charge in [0.2, 0.25) is 0 Å². The lowest BCUT2D eigenvalue weighted by Crippen LogP contribution is -2.27. The number of carbonyl (C=O) groups excluding carboxylic acids is 1. The summed E-state index contributed by atoms with van der Waals surface area (Å²) in [5, 5.41) is 3.51. The smallest absolute Gasteiger partial charge is 0.172 e. The van der Waals surface area contributed by atoms with Crippen LogP contribution in [-0.4, -0.2) is 25.0 Å². The Morgan fingerprint density at radius 3 is 2.06 bits per heavy atom. The van der Waals surface area contributed by atoms with E-state index in [1.807, 2.05) is 97.1 Å².